The first kappa shape index (κ1) is 13.7. The summed E-state index contributed by atoms with van der Waals surface area (Å²) in [6, 6.07) is 3.76. The van der Waals surface area contributed by atoms with Gasteiger partial charge in [-0.05, 0) is 25.0 Å². The van der Waals surface area contributed by atoms with Gasteiger partial charge in [-0.25, -0.2) is 12.8 Å². The van der Waals surface area contributed by atoms with Crippen molar-refractivity contribution in [3.05, 3.63) is 29.0 Å². The summed E-state index contributed by atoms with van der Waals surface area (Å²) in [6.07, 6.45) is 1.46. The van der Waals surface area contributed by atoms with Crippen LogP contribution in [0.5, 0.6) is 0 Å². The lowest BCUT2D eigenvalue weighted by Crippen LogP contribution is -2.45. The van der Waals surface area contributed by atoms with E-state index in [1.165, 1.54) is 22.5 Å². The molecule has 1 aliphatic heterocycles. The van der Waals surface area contributed by atoms with Gasteiger partial charge in [0.1, 0.15) is 4.90 Å². The van der Waals surface area contributed by atoms with E-state index >= 15 is 0 Å². The lowest BCUT2D eigenvalue weighted by Gasteiger charge is -2.29. The Kier molecular flexibility index (Phi) is 3.91. The predicted octanol–water partition coefficient (Wildman–Crippen LogP) is 1.59. The number of rotatable bonds is 2. The Morgan fingerprint density at radius 2 is 2.17 bits per heavy atom. The smallest absolute Gasteiger partial charge is 0.246 e. The summed E-state index contributed by atoms with van der Waals surface area (Å²) in [6.45, 7) is 0.580. The maximum atomic E-state index is 13.8. The summed E-state index contributed by atoms with van der Waals surface area (Å²) in [5.74, 6) is -0.904. The van der Waals surface area contributed by atoms with Crippen molar-refractivity contribution in [1.29, 1.82) is 0 Å². The fourth-order valence-corrected chi connectivity index (χ4v) is 3.87. The molecule has 1 unspecified atom stereocenters. The minimum Gasteiger partial charge on any atom is -0.327 e. The quantitative estimate of drug-likeness (QED) is 0.900. The third-order valence-corrected chi connectivity index (χ3v) is 5.13. The number of hydrogen-bond acceptors (Lipinski definition) is 3. The van der Waals surface area contributed by atoms with Gasteiger partial charge in [-0.2, -0.15) is 4.31 Å². The Morgan fingerprint density at radius 1 is 1.44 bits per heavy atom. The second kappa shape index (κ2) is 5.13. The Morgan fingerprint density at radius 3 is 2.83 bits per heavy atom. The van der Waals surface area contributed by atoms with Gasteiger partial charge in [0.05, 0.1) is 5.02 Å². The van der Waals surface area contributed by atoms with Crippen LogP contribution in [-0.2, 0) is 10.0 Å². The molecule has 0 bridgehead atoms. The topological polar surface area (TPSA) is 63.4 Å². The molecule has 1 fully saturated rings. The molecule has 1 aromatic carbocycles. The van der Waals surface area contributed by atoms with Gasteiger partial charge in [-0.1, -0.05) is 17.7 Å². The number of sulfonamides is 1. The molecular formula is C11H14ClFN2O2S. The van der Waals surface area contributed by atoms with E-state index in [9.17, 15) is 12.8 Å². The minimum absolute atomic E-state index is 0.197. The molecule has 0 aliphatic carbocycles. The molecule has 100 valence electrons. The summed E-state index contributed by atoms with van der Waals surface area (Å²) in [7, 11) is -3.85. The van der Waals surface area contributed by atoms with E-state index in [-0.39, 0.29) is 22.5 Å². The summed E-state index contributed by atoms with van der Waals surface area (Å²) in [5.41, 5.74) is 5.74. The second-order valence-corrected chi connectivity index (χ2v) is 6.63. The molecule has 7 heteroatoms. The first-order chi connectivity index (χ1) is 8.43. The SMILES string of the molecule is NC1CCCN(S(=O)(=O)c2cccc(Cl)c2F)C1. The maximum absolute atomic E-state index is 13.8. The average Bonchev–Trinajstić information content (AvgIpc) is 2.32. The van der Waals surface area contributed by atoms with Crippen LogP contribution in [0.15, 0.2) is 23.1 Å². The highest BCUT2D eigenvalue weighted by atomic mass is 35.5. The molecule has 1 atom stereocenters. The molecule has 1 saturated heterocycles. The largest absolute Gasteiger partial charge is 0.327 e. The monoisotopic (exact) mass is 292 g/mol. The molecule has 1 heterocycles. The summed E-state index contributed by atoms with van der Waals surface area (Å²) >= 11 is 5.60. The van der Waals surface area contributed by atoms with Crippen LogP contribution in [0.25, 0.3) is 0 Å². The Labute approximate surface area is 111 Å². The van der Waals surface area contributed by atoms with E-state index in [1.54, 1.807) is 0 Å². The molecule has 1 aromatic rings. The minimum atomic E-state index is -3.85. The van der Waals surface area contributed by atoms with Crippen molar-refractivity contribution in [3.63, 3.8) is 0 Å². The highest BCUT2D eigenvalue weighted by Crippen LogP contribution is 2.26. The summed E-state index contributed by atoms with van der Waals surface area (Å²) < 4.78 is 39.6. The third kappa shape index (κ3) is 2.51. The lowest BCUT2D eigenvalue weighted by atomic mass is 10.1. The number of nitrogens with zero attached hydrogens (tertiary/aromatic N) is 1. The zero-order valence-corrected chi connectivity index (χ0v) is 11.2. The fourth-order valence-electron chi connectivity index (χ4n) is 2.01. The second-order valence-electron chi connectivity index (χ2n) is 4.32. The van der Waals surface area contributed by atoms with Crippen LogP contribution in [0.2, 0.25) is 5.02 Å². The first-order valence-corrected chi connectivity index (χ1v) is 7.44. The normalized spacial score (nSPS) is 22.1. The van der Waals surface area contributed by atoms with Crippen molar-refractivity contribution in [2.45, 2.75) is 23.8 Å². The van der Waals surface area contributed by atoms with Gasteiger partial charge in [0, 0.05) is 19.1 Å². The first-order valence-electron chi connectivity index (χ1n) is 5.62. The zero-order valence-electron chi connectivity index (χ0n) is 9.64. The fraction of sp³-hybridized carbons (Fsp3) is 0.455. The number of benzene rings is 1. The zero-order chi connectivity index (χ0) is 13.3. The van der Waals surface area contributed by atoms with Crippen LogP contribution in [-0.4, -0.2) is 31.9 Å². The van der Waals surface area contributed by atoms with Gasteiger partial charge in [0.2, 0.25) is 10.0 Å². The van der Waals surface area contributed by atoms with E-state index in [4.69, 9.17) is 17.3 Å². The standard InChI is InChI=1S/C11H14ClFN2O2S/c12-9-4-1-5-10(11(9)13)18(16,17)15-6-2-3-8(14)7-15/h1,4-5,8H,2-3,6-7,14H2. The van der Waals surface area contributed by atoms with Crippen molar-refractivity contribution < 1.29 is 12.8 Å². The molecule has 18 heavy (non-hydrogen) atoms. The van der Waals surface area contributed by atoms with Crippen LogP contribution in [0.4, 0.5) is 4.39 Å². The van der Waals surface area contributed by atoms with Crippen LogP contribution in [0.1, 0.15) is 12.8 Å². The van der Waals surface area contributed by atoms with Crippen LogP contribution in [0, 0.1) is 5.82 Å². The van der Waals surface area contributed by atoms with Crippen molar-refractivity contribution in [1.82, 2.24) is 4.31 Å². The molecular weight excluding hydrogens is 279 g/mol. The van der Waals surface area contributed by atoms with Gasteiger partial charge in [-0.3, -0.25) is 0 Å². The molecule has 0 aromatic heterocycles. The van der Waals surface area contributed by atoms with Crippen LogP contribution < -0.4 is 5.73 Å². The molecule has 0 spiro atoms. The number of hydrogen-bond donors (Lipinski definition) is 1. The van der Waals surface area contributed by atoms with Gasteiger partial charge < -0.3 is 5.73 Å². The highest BCUT2D eigenvalue weighted by Gasteiger charge is 2.31. The molecule has 4 nitrogen and oxygen atoms in total. The van der Waals surface area contributed by atoms with E-state index < -0.39 is 15.8 Å². The van der Waals surface area contributed by atoms with Crippen molar-refractivity contribution in [2.24, 2.45) is 5.73 Å². The van der Waals surface area contributed by atoms with Gasteiger partial charge >= 0.3 is 0 Å². The molecule has 0 saturated carbocycles. The van der Waals surface area contributed by atoms with Crippen molar-refractivity contribution in [2.75, 3.05) is 13.1 Å². The van der Waals surface area contributed by atoms with E-state index in [0.29, 0.717) is 13.0 Å². The molecule has 2 rings (SSSR count). The Bertz CT molecular complexity index is 550. The highest BCUT2D eigenvalue weighted by molar-refractivity contribution is 7.89. The Hall–Kier alpha value is -0.690. The number of piperidine rings is 1. The molecule has 1 aliphatic rings. The number of nitrogens with two attached hydrogens (primary N) is 1. The Balaban J connectivity index is 2.39. The maximum Gasteiger partial charge on any atom is 0.246 e. The molecule has 2 N–H and O–H groups in total. The van der Waals surface area contributed by atoms with Crippen LogP contribution >= 0.6 is 11.6 Å². The van der Waals surface area contributed by atoms with Gasteiger partial charge in [0.25, 0.3) is 0 Å². The summed E-state index contributed by atoms with van der Waals surface area (Å²) in [5, 5.41) is -0.197. The van der Waals surface area contributed by atoms with Crippen LogP contribution in [0.3, 0.4) is 0 Å². The molecule has 0 radical (unpaired) electrons. The predicted molar refractivity (Wildman–Crippen MR) is 67.4 cm³/mol. The average molecular weight is 293 g/mol. The van der Waals surface area contributed by atoms with Crippen molar-refractivity contribution >= 4 is 21.6 Å². The van der Waals surface area contributed by atoms with E-state index in [2.05, 4.69) is 0 Å². The van der Waals surface area contributed by atoms with Gasteiger partial charge in [0.15, 0.2) is 5.82 Å². The van der Waals surface area contributed by atoms with Crippen molar-refractivity contribution in [3.8, 4) is 0 Å². The lowest BCUT2D eigenvalue weighted by molar-refractivity contribution is 0.315. The number of halogens is 2. The molecule has 0 amide bonds. The van der Waals surface area contributed by atoms with E-state index in [1.807, 2.05) is 0 Å². The third-order valence-electron chi connectivity index (χ3n) is 2.95. The van der Waals surface area contributed by atoms with E-state index in [0.717, 1.165) is 6.42 Å². The van der Waals surface area contributed by atoms with Gasteiger partial charge in [-0.15, -0.1) is 0 Å². The summed E-state index contributed by atoms with van der Waals surface area (Å²) in [4.78, 5) is -0.385.